The molecule has 0 bridgehead atoms. The topological polar surface area (TPSA) is 101 Å². The molecule has 6 nitrogen and oxygen atoms in total. The number of anilines is 2. The number of nitrogens with one attached hydrogen (secondary N) is 1. The largest absolute Gasteiger partial charge is 0.478 e. The van der Waals surface area contributed by atoms with Crippen molar-refractivity contribution in [3.05, 3.63) is 40.8 Å². The maximum absolute atomic E-state index is 11.1. The smallest absolute Gasteiger partial charge is 0.337 e. The van der Waals surface area contributed by atoms with Crippen LogP contribution in [0.2, 0.25) is 0 Å². The Kier molecular flexibility index (Phi) is 3.41. The number of aromatic carboxylic acids is 1. The van der Waals surface area contributed by atoms with Crippen molar-refractivity contribution in [2.24, 2.45) is 0 Å². The van der Waals surface area contributed by atoms with E-state index in [0.29, 0.717) is 17.9 Å². The van der Waals surface area contributed by atoms with Crippen LogP contribution in [0.25, 0.3) is 0 Å². The number of hydrogen-bond acceptors (Lipinski definition) is 5. The van der Waals surface area contributed by atoms with Gasteiger partial charge in [0.15, 0.2) is 0 Å². The Morgan fingerprint density at radius 1 is 1.47 bits per heavy atom. The summed E-state index contributed by atoms with van der Waals surface area (Å²) in [5, 5.41) is 16.0. The van der Waals surface area contributed by atoms with E-state index in [1.807, 2.05) is 13.8 Å². The number of aryl methyl sites for hydroxylation is 2. The molecule has 0 spiro atoms. The van der Waals surface area contributed by atoms with Gasteiger partial charge in [0.05, 0.1) is 11.3 Å². The third-order valence-electron chi connectivity index (χ3n) is 2.91. The maximum atomic E-state index is 11.1. The Labute approximate surface area is 110 Å². The van der Waals surface area contributed by atoms with Gasteiger partial charge in [-0.2, -0.15) is 0 Å². The predicted molar refractivity (Wildman–Crippen MR) is 71.1 cm³/mol. The third-order valence-corrected chi connectivity index (χ3v) is 2.91. The van der Waals surface area contributed by atoms with Crippen molar-refractivity contribution in [3.8, 4) is 0 Å². The van der Waals surface area contributed by atoms with Crippen LogP contribution in [0.1, 0.15) is 27.4 Å². The second-order valence-electron chi connectivity index (χ2n) is 4.27. The van der Waals surface area contributed by atoms with Crippen LogP contribution in [-0.4, -0.2) is 16.2 Å². The third kappa shape index (κ3) is 2.67. The summed E-state index contributed by atoms with van der Waals surface area (Å²) in [7, 11) is 0. The molecule has 0 unspecified atom stereocenters. The number of rotatable bonds is 4. The molecule has 6 heteroatoms. The van der Waals surface area contributed by atoms with Gasteiger partial charge in [0, 0.05) is 23.5 Å². The minimum Gasteiger partial charge on any atom is -0.478 e. The first-order valence-corrected chi connectivity index (χ1v) is 5.77. The lowest BCUT2D eigenvalue weighted by molar-refractivity contribution is 0.0698. The minimum absolute atomic E-state index is 0.145. The van der Waals surface area contributed by atoms with E-state index in [1.54, 1.807) is 12.1 Å². The highest BCUT2D eigenvalue weighted by Crippen LogP contribution is 2.21. The van der Waals surface area contributed by atoms with Gasteiger partial charge >= 0.3 is 5.97 Å². The lowest BCUT2D eigenvalue weighted by Gasteiger charge is -2.10. The van der Waals surface area contributed by atoms with Gasteiger partial charge in [0.1, 0.15) is 5.76 Å². The minimum atomic E-state index is -1.02. The first-order chi connectivity index (χ1) is 8.99. The molecule has 1 aromatic carbocycles. The fraction of sp³-hybridized carbons (Fsp3) is 0.231. The number of carboxylic acid groups (broad SMARTS) is 1. The fourth-order valence-corrected chi connectivity index (χ4v) is 1.83. The van der Waals surface area contributed by atoms with Gasteiger partial charge in [0.2, 0.25) is 0 Å². The molecular weight excluding hydrogens is 246 g/mol. The highest BCUT2D eigenvalue weighted by Gasteiger charge is 2.13. The van der Waals surface area contributed by atoms with E-state index >= 15 is 0 Å². The van der Waals surface area contributed by atoms with Gasteiger partial charge in [-0.25, -0.2) is 4.79 Å². The molecule has 100 valence electrons. The van der Waals surface area contributed by atoms with Crippen molar-refractivity contribution in [1.82, 2.24) is 5.16 Å². The van der Waals surface area contributed by atoms with Crippen LogP contribution in [0.15, 0.2) is 22.7 Å². The summed E-state index contributed by atoms with van der Waals surface area (Å²) in [4.78, 5) is 11.1. The Morgan fingerprint density at radius 2 is 2.21 bits per heavy atom. The van der Waals surface area contributed by atoms with Crippen LogP contribution in [-0.2, 0) is 6.54 Å². The van der Waals surface area contributed by atoms with Gasteiger partial charge in [0.25, 0.3) is 0 Å². The Morgan fingerprint density at radius 3 is 2.79 bits per heavy atom. The van der Waals surface area contributed by atoms with Gasteiger partial charge < -0.3 is 20.7 Å². The molecule has 0 aliphatic heterocycles. The number of carboxylic acids is 1. The van der Waals surface area contributed by atoms with E-state index in [1.165, 1.54) is 6.07 Å². The van der Waals surface area contributed by atoms with Crippen molar-refractivity contribution >= 4 is 17.3 Å². The number of nitrogen functional groups attached to an aromatic ring is 1. The van der Waals surface area contributed by atoms with Gasteiger partial charge in [-0.05, 0) is 32.0 Å². The van der Waals surface area contributed by atoms with E-state index in [4.69, 9.17) is 15.4 Å². The molecule has 1 aromatic heterocycles. The number of nitrogens with zero attached hydrogens (tertiary/aromatic N) is 1. The lowest BCUT2D eigenvalue weighted by Crippen LogP contribution is -2.08. The van der Waals surface area contributed by atoms with Gasteiger partial charge in [-0.1, -0.05) is 5.16 Å². The van der Waals surface area contributed by atoms with Crippen molar-refractivity contribution in [2.45, 2.75) is 20.4 Å². The summed E-state index contributed by atoms with van der Waals surface area (Å²) in [5.74, 6) is -0.300. The first kappa shape index (κ1) is 12.9. The molecule has 4 N–H and O–H groups in total. The standard InChI is InChI=1S/C13H15N3O3/c1-7-11(8(2)19-16-7)6-15-12-4-3-9(14)5-10(12)13(17)18/h3-5,15H,6,14H2,1-2H3,(H,17,18). The number of carbonyl (C=O) groups is 1. The second-order valence-corrected chi connectivity index (χ2v) is 4.27. The highest BCUT2D eigenvalue weighted by molar-refractivity contribution is 5.95. The second kappa shape index (κ2) is 5.01. The summed E-state index contributed by atoms with van der Waals surface area (Å²) in [6.07, 6.45) is 0. The maximum Gasteiger partial charge on any atom is 0.337 e. The average molecular weight is 261 g/mol. The quantitative estimate of drug-likeness (QED) is 0.729. The number of benzene rings is 1. The first-order valence-electron chi connectivity index (χ1n) is 5.77. The van der Waals surface area contributed by atoms with Crippen molar-refractivity contribution < 1.29 is 14.4 Å². The van der Waals surface area contributed by atoms with E-state index < -0.39 is 5.97 Å². The molecule has 2 aromatic rings. The van der Waals surface area contributed by atoms with Crippen molar-refractivity contribution in [2.75, 3.05) is 11.1 Å². The monoisotopic (exact) mass is 261 g/mol. The van der Waals surface area contributed by atoms with Crippen LogP contribution < -0.4 is 11.1 Å². The molecule has 19 heavy (non-hydrogen) atoms. The van der Waals surface area contributed by atoms with Crippen LogP contribution in [0.4, 0.5) is 11.4 Å². The molecule has 0 amide bonds. The molecular formula is C13H15N3O3. The van der Waals surface area contributed by atoms with Crippen LogP contribution in [0, 0.1) is 13.8 Å². The summed E-state index contributed by atoms with van der Waals surface area (Å²) in [6.45, 7) is 4.11. The van der Waals surface area contributed by atoms with Gasteiger partial charge in [-0.15, -0.1) is 0 Å². The molecule has 0 aliphatic carbocycles. The van der Waals surface area contributed by atoms with E-state index in [-0.39, 0.29) is 5.56 Å². The molecule has 0 saturated heterocycles. The summed E-state index contributed by atoms with van der Waals surface area (Å²) in [5.41, 5.74) is 8.38. The summed E-state index contributed by atoms with van der Waals surface area (Å²) < 4.78 is 5.05. The van der Waals surface area contributed by atoms with Gasteiger partial charge in [-0.3, -0.25) is 0 Å². The van der Waals surface area contributed by atoms with E-state index in [0.717, 1.165) is 17.0 Å². The van der Waals surface area contributed by atoms with Crippen molar-refractivity contribution in [1.29, 1.82) is 0 Å². The average Bonchev–Trinajstić information content (AvgIpc) is 2.68. The molecule has 0 fully saturated rings. The van der Waals surface area contributed by atoms with Crippen molar-refractivity contribution in [3.63, 3.8) is 0 Å². The molecule has 1 heterocycles. The zero-order valence-electron chi connectivity index (χ0n) is 10.7. The Hall–Kier alpha value is -2.50. The number of aromatic nitrogens is 1. The summed E-state index contributed by atoms with van der Waals surface area (Å²) >= 11 is 0. The van der Waals surface area contributed by atoms with Crippen LogP contribution in [0.5, 0.6) is 0 Å². The zero-order chi connectivity index (χ0) is 14.0. The Balaban J connectivity index is 2.23. The number of hydrogen-bond donors (Lipinski definition) is 3. The number of nitrogens with two attached hydrogens (primary N) is 1. The normalized spacial score (nSPS) is 10.4. The lowest BCUT2D eigenvalue weighted by atomic mass is 10.1. The zero-order valence-corrected chi connectivity index (χ0v) is 10.7. The SMILES string of the molecule is Cc1noc(C)c1CNc1ccc(N)cc1C(=O)O. The molecule has 0 saturated carbocycles. The predicted octanol–water partition coefficient (Wildman–Crippen LogP) is 2.18. The Bertz CT molecular complexity index is 600. The van der Waals surface area contributed by atoms with Crippen LogP contribution in [0.3, 0.4) is 0 Å². The molecule has 0 atom stereocenters. The van der Waals surface area contributed by atoms with Crippen LogP contribution >= 0.6 is 0 Å². The fourth-order valence-electron chi connectivity index (χ4n) is 1.83. The van der Waals surface area contributed by atoms with E-state index in [9.17, 15) is 4.79 Å². The van der Waals surface area contributed by atoms with E-state index in [2.05, 4.69) is 10.5 Å². The molecule has 0 radical (unpaired) electrons. The molecule has 0 aliphatic rings. The highest BCUT2D eigenvalue weighted by atomic mass is 16.5. The summed E-state index contributed by atoms with van der Waals surface area (Å²) in [6, 6.07) is 4.73. The molecule has 2 rings (SSSR count).